The van der Waals surface area contributed by atoms with Crippen LogP contribution in [0.25, 0.3) is 0 Å². The summed E-state index contributed by atoms with van der Waals surface area (Å²) in [6.45, 7) is 2.96. The number of aryl methyl sites for hydroxylation is 1. The second-order valence-corrected chi connectivity index (χ2v) is 8.78. The lowest BCUT2D eigenvalue weighted by Crippen LogP contribution is -2.35. The van der Waals surface area contributed by atoms with E-state index in [0.29, 0.717) is 24.4 Å². The highest BCUT2D eigenvalue weighted by Crippen LogP contribution is 2.48. The van der Waals surface area contributed by atoms with Crippen molar-refractivity contribution < 1.29 is 17.9 Å². The number of rotatable bonds is 9. The summed E-state index contributed by atoms with van der Waals surface area (Å²) in [5, 5.41) is 2.97. The first-order chi connectivity index (χ1) is 13.4. The van der Waals surface area contributed by atoms with Crippen LogP contribution in [-0.4, -0.2) is 34.6 Å². The number of methoxy groups -OCH3 is 1. The van der Waals surface area contributed by atoms with E-state index < -0.39 is 15.4 Å². The Balaban J connectivity index is 1.68. The molecule has 2 N–H and O–H groups in total. The Bertz CT molecular complexity index is 935. The highest BCUT2D eigenvalue weighted by molar-refractivity contribution is 7.92. The number of sulfonamides is 1. The van der Waals surface area contributed by atoms with Crippen molar-refractivity contribution in [3.05, 3.63) is 59.7 Å². The number of carbonyl (C=O) groups is 1. The predicted molar refractivity (Wildman–Crippen MR) is 109 cm³/mol. The largest absolute Gasteiger partial charge is 0.385 e. The average molecular weight is 403 g/mol. The molecule has 1 amide bonds. The van der Waals surface area contributed by atoms with Crippen LogP contribution in [0.1, 0.15) is 30.4 Å². The van der Waals surface area contributed by atoms with E-state index in [-0.39, 0.29) is 10.8 Å². The molecule has 1 aliphatic carbocycles. The minimum Gasteiger partial charge on any atom is -0.385 e. The maximum absolute atomic E-state index is 12.6. The Kier molecular flexibility index (Phi) is 6.05. The highest BCUT2D eigenvalue weighted by Gasteiger charge is 2.50. The topological polar surface area (TPSA) is 84.5 Å². The molecule has 0 bridgehead atoms. The Morgan fingerprint density at radius 3 is 2.39 bits per heavy atom. The summed E-state index contributed by atoms with van der Waals surface area (Å²) in [5.41, 5.74) is 1.59. The van der Waals surface area contributed by atoms with Gasteiger partial charge in [0.15, 0.2) is 0 Å². The minimum absolute atomic E-state index is 0.0249. The van der Waals surface area contributed by atoms with E-state index in [2.05, 4.69) is 10.0 Å². The number of carbonyl (C=O) groups excluding carboxylic acids is 1. The van der Waals surface area contributed by atoms with E-state index in [1.54, 1.807) is 50.4 Å². The number of hydrogen-bond acceptors (Lipinski definition) is 4. The average Bonchev–Trinajstić information content (AvgIpc) is 3.47. The van der Waals surface area contributed by atoms with Crippen molar-refractivity contribution in [2.45, 2.75) is 36.5 Å². The second-order valence-electron chi connectivity index (χ2n) is 7.13. The van der Waals surface area contributed by atoms with Gasteiger partial charge >= 0.3 is 0 Å². The van der Waals surface area contributed by atoms with Gasteiger partial charge in [-0.1, -0.05) is 30.3 Å². The van der Waals surface area contributed by atoms with E-state index in [9.17, 15) is 13.2 Å². The summed E-state index contributed by atoms with van der Waals surface area (Å²) in [4.78, 5) is 12.8. The number of nitrogens with one attached hydrogen (secondary N) is 2. The molecular formula is C21H26N2O4S. The van der Waals surface area contributed by atoms with Gasteiger partial charge in [-0.25, -0.2) is 8.42 Å². The van der Waals surface area contributed by atoms with Crippen LogP contribution in [0.5, 0.6) is 0 Å². The van der Waals surface area contributed by atoms with Crippen LogP contribution in [0.3, 0.4) is 0 Å². The van der Waals surface area contributed by atoms with Crippen molar-refractivity contribution in [2.24, 2.45) is 0 Å². The molecule has 0 heterocycles. The maximum atomic E-state index is 12.6. The van der Waals surface area contributed by atoms with Gasteiger partial charge in [-0.2, -0.15) is 0 Å². The predicted octanol–water partition coefficient (Wildman–Crippen LogP) is 2.98. The molecule has 28 heavy (non-hydrogen) atoms. The van der Waals surface area contributed by atoms with E-state index >= 15 is 0 Å². The Morgan fingerprint density at radius 2 is 1.79 bits per heavy atom. The molecule has 0 radical (unpaired) electrons. The quantitative estimate of drug-likeness (QED) is 0.632. The van der Waals surface area contributed by atoms with Crippen LogP contribution in [0.4, 0.5) is 5.69 Å². The van der Waals surface area contributed by atoms with Gasteiger partial charge in [-0.3, -0.25) is 9.52 Å². The number of anilines is 1. The van der Waals surface area contributed by atoms with Crippen molar-refractivity contribution in [2.75, 3.05) is 25.0 Å². The molecule has 0 atom stereocenters. The lowest BCUT2D eigenvalue weighted by Gasteiger charge is -2.17. The third-order valence-corrected chi connectivity index (χ3v) is 6.61. The van der Waals surface area contributed by atoms with Crippen molar-refractivity contribution >= 4 is 21.6 Å². The molecular weight excluding hydrogens is 376 g/mol. The van der Waals surface area contributed by atoms with Gasteiger partial charge in [-0.15, -0.1) is 0 Å². The molecule has 2 aromatic rings. The fourth-order valence-electron chi connectivity index (χ4n) is 3.28. The minimum atomic E-state index is -3.65. The number of benzene rings is 2. The highest BCUT2D eigenvalue weighted by atomic mass is 32.2. The SMILES string of the molecule is COCCCNC(=O)C1(c2ccc(NS(=O)(=O)c3ccccc3C)cc2)CC1. The van der Waals surface area contributed by atoms with Crippen LogP contribution in [-0.2, 0) is 25.0 Å². The summed E-state index contributed by atoms with van der Waals surface area (Å²) < 4.78 is 32.8. The molecule has 1 aliphatic rings. The zero-order chi connectivity index (χ0) is 20.2. The van der Waals surface area contributed by atoms with Gasteiger partial charge in [0.05, 0.1) is 10.3 Å². The zero-order valence-electron chi connectivity index (χ0n) is 16.2. The van der Waals surface area contributed by atoms with Gasteiger partial charge < -0.3 is 10.1 Å². The molecule has 7 heteroatoms. The molecule has 0 saturated heterocycles. The second kappa shape index (κ2) is 8.32. The normalized spacial score (nSPS) is 15.1. The van der Waals surface area contributed by atoms with Gasteiger partial charge in [0.25, 0.3) is 10.0 Å². The molecule has 150 valence electrons. The molecule has 1 saturated carbocycles. The third-order valence-electron chi connectivity index (χ3n) is 5.07. The molecule has 6 nitrogen and oxygen atoms in total. The summed E-state index contributed by atoms with van der Waals surface area (Å²) in [6, 6.07) is 13.9. The van der Waals surface area contributed by atoms with Gasteiger partial charge in [0, 0.05) is 25.9 Å². The number of hydrogen-bond donors (Lipinski definition) is 2. The lowest BCUT2D eigenvalue weighted by atomic mass is 9.95. The van der Waals surface area contributed by atoms with Crippen molar-refractivity contribution in [1.82, 2.24) is 5.32 Å². The van der Waals surface area contributed by atoms with E-state index in [0.717, 1.165) is 24.8 Å². The maximum Gasteiger partial charge on any atom is 0.262 e. The van der Waals surface area contributed by atoms with Crippen molar-refractivity contribution in [3.63, 3.8) is 0 Å². The van der Waals surface area contributed by atoms with Crippen molar-refractivity contribution in [3.8, 4) is 0 Å². The van der Waals surface area contributed by atoms with Crippen LogP contribution in [0.2, 0.25) is 0 Å². The summed E-state index contributed by atoms with van der Waals surface area (Å²) in [7, 11) is -2.01. The Morgan fingerprint density at radius 1 is 1.11 bits per heavy atom. The molecule has 3 rings (SSSR count). The van der Waals surface area contributed by atoms with Gasteiger partial charge in [-0.05, 0) is 55.5 Å². The lowest BCUT2D eigenvalue weighted by molar-refractivity contribution is -0.123. The first kappa shape index (κ1) is 20.4. The van der Waals surface area contributed by atoms with E-state index in [1.807, 2.05) is 12.1 Å². The molecule has 0 aliphatic heterocycles. The standard InChI is InChI=1S/C21H26N2O4S/c1-16-6-3-4-7-19(16)28(25,26)23-18-10-8-17(9-11-18)21(12-13-21)20(24)22-14-5-15-27-2/h3-4,6-11,23H,5,12-15H2,1-2H3,(H,22,24). The molecule has 2 aromatic carbocycles. The van der Waals surface area contributed by atoms with Crippen LogP contribution >= 0.6 is 0 Å². The van der Waals surface area contributed by atoms with Gasteiger partial charge in [0.1, 0.15) is 0 Å². The zero-order valence-corrected chi connectivity index (χ0v) is 17.0. The van der Waals surface area contributed by atoms with Gasteiger partial charge in [0.2, 0.25) is 5.91 Å². The first-order valence-electron chi connectivity index (χ1n) is 9.35. The first-order valence-corrected chi connectivity index (χ1v) is 10.8. The molecule has 0 spiro atoms. The fraction of sp³-hybridized carbons (Fsp3) is 0.381. The van der Waals surface area contributed by atoms with Crippen LogP contribution in [0.15, 0.2) is 53.4 Å². The monoisotopic (exact) mass is 402 g/mol. The molecule has 0 unspecified atom stereocenters. The Labute approximate surface area is 166 Å². The van der Waals surface area contributed by atoms with E-state index in [1.165, 1.54) is 0 Å². The number of ether oxygens (including phenoxy) is 1. The molecule has 1 fully saturated rings. The smallest absolute Gasteiger partial charge is 0.262 e. The third kappa shape index (κ3) is 4.36. The summed E-state index contributed by atoms with van der Waals surface area (Å²) in [5.74, 6) is 0.0249. The van der Waals surface area contributed by atoms with E-state index in [4.69, 9.17) is 4.74 Å². The number of amides is 1. The summed E-state index contributed by atoms with van der Waals surface area (Å²) in [6.07, 6.45) is 2.38. The fourth-order valence-corrected chi connectivity index (χ4v) is 4.59. The van der Waals surface area contributed by atoms with Crippen LogP contribution < -0.4 is 10.0 Å². The van der Waals surface area contributed by atoms with Crippen LogP contribution in [0, 0.1) is 6.92 Å². The molecule has 0 aromatic heterocycles. The summed E-state index contributed by atoms with van der Waals surface area (Å²) >= 11 is 0. The van der Waals surface area contributed by atoms with Crippen molar-refractivity contribution in [1.29, 1.82) is 0 Å². The Hall–Kier alpha value is -2.38.